The van der Waals surface area contributed by atoms with Crippen molar-refractivity contribution < 1.29 is 5.11 Å². The van der Waals surface area contributed by atoms with E-state index in [9.17, 15) is 5.11 Å². The zero-order valence-electron chi connectivity index (χ0n) is 14.7. The molecule has 7 nitrogen and oxygen atoms in total. The molecule has 2 N–H and O–H groups in total. The normalized spacial score (nSPS) is 24.6. The first-order valence-corrected chi connectivity index (χ1v) is 9.19. The first-order valence-electron chi connectivity index (χ1n) is 9.19. The van der Waals surface area contributed by atoms with Crippen molar-refractivity contribution in [1.29, 1.82) is 0 Å². The molecule has 2 aliphatic rings. The van der Waals surface area contributed by atoms with Crippen LogP contribution in [0.2, 0.25) is 0 Å². The number of hydrogen-bond donors (Lipinski definition) is 2. The van der Waals surface area contributed by atoms with E-state index in [-0.39, 0.29) is 12.1 Å². The third-order valence-electron chi connectivity index (χ3n) is 5.34. The predicted octanol–water partition coefficient (Wildman–Crippen LogP) is 2.12. The van der Waals surface area contributed by atoms with E-state index in [0.29, 0.717) is 5.92 Å². The number of anilines is 2. The standard InChI is InChI=1S/C18H26N6O/c1-23-11-14(10-21-23)18(13-7-15(25)8-13)22-16-9-17(20-12-19-16)24-5-3-2-4-6-24/h9-13,15,18,25H,2-8H2,1H3,(H,19,20,22)/t13?,15?,18-/m1/s1. The van der Waals surface area contributed by atoms with Gasteiger partial charge in [-0.25, -0.2) is 9.97 Å². The number of hydrogen-bond acceptors (Lipinski definition) is 6. The number of aliphatic hydroxyl groups is 1. The van der Waals surface area contributed by atoms with Crippen LogP contribution in [0.15, 0.2) is 24.8 Å². The maximum absolute atomic E-state index is 9.72. The molecule has 2 fully saturated rings. The van der Waals surface area contributed by atoms with E-state index in [4.69, 9.17) is 0 Å². The molecule has 0 bridgehead atoms. The second-order valence-electron chi connectivity index (χ2n) is 7.26. The average Bonchev–Trinajstić information content (AvgIpc) is 3.04. The fraction of sp³-hybridized carbons (Fsp3) is 0.611. The van der Waals surface area contributed by atoms with Gasteiger partial charge in [-0.15, -0.1) is 0 Å². The Morgan fingerprint density at radius 1 is 1.20 bits per heavy atom. The Morgan fingerprint density at radius 3 is 2.68 bits per heavy atom. The second kappa shape index (κ2) is 7.00. The highest BCUT2D eigenvalue weighted by Gasteiger charge is 2.35. The van der Waals surface area contributed by atoms with Crippen LogP contribution in [0, 0.1) is 5.92 Å². The molecule has 2 aromatic rings. The van der Waals surface area contributed by atoms with Crippen LogP contribution in [0.5, 0.6) is 0 Å². The molecule has 134 valence electrons. The number of aliphatic hydroxyl groups excluding tert-OH is 1. The van der Waals surface area contributed by atoms with Gasteiger partial charge in [-0.2, -0.15) is 5.10 Å². The van der Waals surface area contributed by atoms with Crippen molar-refractivity contribution in [2.75, 3.05) is 23.3 Å². The summed E-state index contributed by atoms with van der Waals surface area (Å²) in [6, 6.07) is 2.16. The van der Waals surface area contributed by atoms with E-state index in [1.54, 1.807) is 6.33 Å². The van der Waals surface area contributed by atoms with Gasteiger partial charge in [0.25, 0.3) is 0 Å². The van der Waals surface area contributed by atoms with Gasteiger partial charge in [0.2, 0.25) is 0 Å². The fourth-order valence-electron chi connectivity index (χ4n) is 3.86. The fourth-order valence-corrected chi connectivity index (χ4v) is 3.86. The summed E-state index contributed by atoms with van der Waals surface area (Å²) in [4.78, 5) is 11.2. The topological polar surface area (TPSA) is 79.1 Å². The molecule has 1 atom stereocenters. The van der Waals surface area contributed by atoms with Crippen molar-refractivity contribution in [1.82, 2.24) is 19.7 Å². The molecule has 1 aliphatic carbocycles. The van der Waals surface area contributed by atoms with Crippen LogP contribution in [-0.2, 0) is 7.05 Å². The zero-order chi connectivity index (χ0) is 17.2. The van der Waals surface area contributed by atoms with Gasteiger partial charge in [0, 0.05) is 38.0 Å². The summed E-state index contributed by atoms with van der Waals surface area (Å²) in [6.45, 7) is 2.13. The van der Waals surface area contributed by atoms with Gasteiger partial charge in [-0.3, -0.25) is 4.68 Å². The lowest BCUT2D eigenvalue weighted by Gasteiger charge is -2.38. The van der Waals surface area contributed by atoms with Gasteiger partial charge in [0.15, 0.2) is 0 Å². The number of aryl methyl sites for hydroxylation is 1. The molecule has 0 radical (unpaired) electrons. The Hall–Kier alpha value is -2.15. The van der Waals surface area contributed by atoms with Gasteiger partial charge in [-0.05, 0) is 38.0 Å². The van der Waals surface area contributed by atoms with Crippen LogP contribution in [0.3, 0.4) is 0 Å². The minimum Gasteiger partial charge on any atom is -0.393 e. The second-order valence-corrected chi connectivity index (χ2v) is 7.26. The largest absolute Gasteiger partial charge is 0.393 e. The maximum atomic E-state index is 9.72. The smallest absolute Gasteiger partial charge is 0.134 e. The third-order valence-corrected chi connectivity index (χ3v) is 5.34. The van der Waals surface area contributed by atoms with Crippen molar-refractivity contribution in [3.63, 3.8) is 0 Å². The van der Waals surface area contributed by atoms with E-state index in [2.05, 4.69) is 25.3 Å². The Labute approximate surface area is 148 Å². The van der Waals surface area contributed by atoms with Crippen molar-refractivity contribution in [2.45, 2.75) is 44.2 Å². The predicted molar refractivity (Wildman–Crippen MR) is 96.4 cm³/mol. The van der Waals surface area contributed by atoms with Gasteiger partial charge in [-0.1, -0.05) is 0 Å². The van der Waals surface area contributed by atoms with Gasteiger partial charge < -0.3 is 15.3 Å². The van der Waals surface area contributed by atoms with Crippen molar-refractivity contribution in [2.24, 2.45) is 13.0 Å². The highest BCUT2D eigenvalue weighted by molar-refractivity contribution is 5.50. The van der Waals surface area contributed by atoms with Crippen LogP contribution in [0.1, 0.15) is 43.7 Å². The Balaban J connectivity index is 1.53. The van der Waals surface area contributed by atoms with Crippen LogP contribution < -0.4 is 10.2 Å². The molecule has 25 heavy (non-hydrogen) atoms. The lowest BCUT2D eigenvalue weighted by Crippen LogP contribution is -2.36. The quantitative estimate of drug-likeness (QED) is 0.866. The van der Waals surface area contributed by atoms with E-state index in [1.165, 1.54) is 19.3 Å². The summed E-state index contributed by atoms with van der Waals surface area (Å²) < 4.78 is 1.82. The Bertz CT molecular complexity index is 705. The molecule has 7 heteroatoms. The molecule has 1 saturated carbocycles. The molecular formula is C18H26N6O. The number of rotatable bonds is 5. The van der Waals surface area contributed by atoms with Gasteiger partial charge in [0.1, 0.15) is 18.0 Å². The van der Waals surface area contributed by atoms with Crippen molar-refractivity contribution in [3.8, 4) is 0 Å². The summed E-state index contributed by atoms with van der Waals surface area (Å²) in [7, 11) is 1.93. The minimum atomic E-state index is -0.180. The van der Waals surface area contributed by atoms with Crippen molar-refractivity contribution >= 4 is 11.6 Å². The van der Waals surface area contributed by atoms with E-state index < -0.39 is 0 Å². The number of nitrogens with zero attached hydrogens (tertiary/aromatic N) is 5. The van der Waals surface area contributed by atoms with Crippen LogP contribution in [0.25, 0.3) is 0 Å². The summed E-state index contributed by atoms with van der Waals surface area (Å²) in [5.41, 5.74) is 1.14. The van der Waals surface area contributed by atoms with Gasteiger partial charge >= 0.3 is 0 Å². The molecule has 0 aromatic carbocycles. The van der Waals surface area contributed by atoms with Crippen LogP contribution in [-0.4, -0.2) is 44.0 Å². The first kappa shape index (κ1) is 16.3. The molecule has 1 saturated heterocycles. The van der Waals surface area contributed by atoms with Crippen LogP contribution >= 0.6 is 0 Å². The maximum Gasteiger partial charge on any atom is 0.134 e. The average molecular weight is 342 g/mol. The minimum absolute atomic E-state index is 0.112. The SMILES string of the molecule is Cn1cc([C@H](Nc2cc(N3CCCCC3)ncn2)C2CC(O)C2)cn1. The molecule has 0 spiro atoms. The lowest BCUT2D eigenvalue weighted by atomic mass is 9.75. The number of aromatic nitrogens is 4. The number of piperidine rings is 1. The summed E-state index contributed by atoms with van der Waals surface area (Å²) in [5.74, 6) is 2.23. The summed E-state index contributed by atoms with van der Waals surface area (Å²) in [5, 5.41) is 17.6. The molecule has 1 aliphatic heterocycles. The molecule has 0 unspecified atom stereocenters. The van der Waals surface area contributed by atoms with Crippen LogP contribution in [0.4, 0.5) is 11.6 Å². The molecular weight excluding hydrogens is 316 g/mol. The van der Waals surface area contributed by atoms with E-state index in [1.807, 2.05) is 30.2 Å². The molecule has 2 aromatic heterocycles. The Morgan fingerprint density at radius 2 is 2.00 bits per heavy atom. The highest BCUT2D eigenvalue weighted by atomic mass is 16.3. The lowest BCUT2D eigenvalue weighted by molar-refractivity contribution is 0.0339. The number of nitrogens with one attached hydrogen (secondary N) is 1. The summed E-state index contributed by atoms with van der Waals surface area (Å²) >= 11 is 0. The van der Waals surface area contributed by atoms with Gasteiger partial charge in [0.05, 0.1) is 18.3 Å². The Kier molecular flexibility index (Phi) is 4.57. The highest BCUT2D eigenvalue weighted by Crippen LogP contribution is 2.39. The zero-order valence-corrected chi connectivity index (χ0v) is 14.7. The molecule has 3 heterocycles. The van der Waals surface area contributed by atoms with E-state index >= 15 is 0 Å². The molecule has 4 rings (SSSR count). The molecule has 0 amide bonds. The summed E-state index contributed by atoms with van der Waals surface area (Å²) in [6.07, 6.45) is 10.8. The third kappa shape index (κ3) is 3.61. The van der Waals surface area contributed by atoms with E-state index in [0.717, 1.165) is 43.1 Å². The van der Waals surface area contributed by atoms with Crippen molar-refractivity contribution in [3.05, 3.63) is 30.4 Å². The monoisotopic (exact) mass is 342 g/mol. The first-order chi connectivity index (χ1) is 12.2.